The van der Waals surface area contributed by atoms with Gasteiger partial charge in [0, 0.05) is 6.92 Å². The number of hydrogen-bond donors (Lipinski definition) is 1. The second-order valence-corrected chi connectivity index (χ2v) is 4.82. The third-order valence-electron chi connectivity index (χ3n) is 2.70. The molecule has 1 aromatic carbocycles. The summed E-state index contributed by atoms with van der Waals surface area (Å²) in [4.78, 5) is 11.0. The highest BCUT2D eigenvalue weighted by Crippen LogP contribution is 2.32. The average molecular weight is 314 g/mol. The zero-order valence-electron chi connectivity index (χ0n) is 11.2. The maximum Gasteiger partial charge on any atom is 0.308 e. The Kier molecular flexibility index (Phi) is 6.01. The molecule has 2 aromatic rings. The molecule has 1 atom stereocenters. The molecule has 108 valence electrons. The third kappa shape index (κ3) is 3.72. The van der Waals surface area contributed by atoms with E-state index in [4.69, 9.17) is 15.2 Å². The number of benzene rings is 1. The summed E-state index contributed by atoms with van der Waals surface area (Å²) in [5.74, 6) is 0.517. The van der Waals surface area contributed by atoms with Crippen LogP contribution in [0.2, 0.25) is 0 Å². The fourth-order valence-corrected chi connectivity index (χ4v) is 2.46. The molecule has 1 heterocycles. The van der Waals surface area contributed by atoms with E-state index < -0.39 is 0 Å². The van der Waals surface area contributed by atoms with Gasteiger partial charge >= 0.3 is 5.97 Å². The lowest BCUT2D eigenvalue weighted by atomic mass is 10.0. The van der Waals surface area contributed by atoms with Gasteiger partial charge in [-0.05, 0) is 40.1 Å². The summed E-state index contributed by atoms with van der Waals surface area (Å²) >= 11 is 1.60. The number of ether oxygens (including phenoxy) is 2. The van der Waals surface area contributed by atoms with Gasteiger partial charge in [0.2, 0.25) is 0 Å². The number of nitrogens with two attached hydrogens (primary N) is 1. The topological polar surface area (TPSA) is 61.6 Å². The molecule has 2 N–H and O–H groups in total. The van der Waals surface area contributed by atoms with Gasteiger partial charge in [-0.15, -0.1) is 12.4 Å². The molecule has 0 fully saturated rings. The van der Waals surface area contributed by atoms with Crippen LogP contribution in [0.15, 0.2) is 35.0 Å². The zero-order valence-corrected chi connectivity index (χ0v) is 12.8. The van der Waals surface area contributed by atoms with E-state index in [1.165, 1.54) is 14.0 Å². The second-order valence-electron chi connectivity index (χ2n) is 4.04. The van der Waals surface area contributed by atoms with Gasteiger partial charge < -0.3 is 15.2 Å². The van der Waals surface area contributed by atoms with Gasteiger partial charge in [-0.25, -0.2) is 0 Å². The molecule has 0 amide bonds. The van der Waals surface area contributed by atoms with Crippen molar-refractivity contribution in [1.82, 2.24) is 0 Å². The summed E-state index contributed by atoms with van der Waals surface area (Å²) in [6, 6.07) is 7.10. The normalized spacial score (nSPS) is 11.3. The van der Waals surface area contributed by atoms with Gasteiger partial charge in [-0.2, -0.15) is 11.3 Å². The maximum atomic E-state index is 11.0. The van der Waals surface area contributed by atoms with Gasteiger partial charge in [0.15, 0.2) is 11.5 Å². The van der Waals surface area contributed by atoms with Crippen molar-refractivity contribution in [2.75, 3.05) is 7.11 Å². The van der Waals surface area contributed by atoms with Crippen LogP contribution in [0, 0.1) is 0 Å². The highest BCUT2D eigenvalue weighted by molar-refractivity contribution is 7.08. The number of halogens is 1. The quantitative estimate of drug-likeness (QED) is 0.696. The van der Waals surface area contributed by atoms with Gasteiger partial charge in [0.1, 0.15) is 0 Å². The van der Waals surface area contributed by atoms with Gasteiger partial charge in [-0.3, -0.25) is 4.79 Å². The van der Waals surface area contributed by atoms with E-state index in [-0.39, 0.29) is 24.4 Å². The van der Waals surface area contributed by atoms with Crippen LogP contribution >= 0.6 is 23.7 Å². The Hall–Kier alpha value is -1.56. The first-order valence-corrected chi connectivity index (χ1v) is 6.70. The first kappa shape index (κ1) is 16.5. The highest BCUT2D eigenvalue weighted by atomic mass is 35.5. The molecule has 0 aliphatic carbocycles. The van der Waals surface area contributed by atoms with Crippen molar-refractivity contribution in [2.24, 2.45) is 5.73 Å². The van der Waals surface area contributed by atoms with E-state index in [0.717, 1.165) is 11.1 Å². The van der Waals surface area contributed by atoms with Crippen molar-refractivity contribution in [3.8, 4) is 11.5 Å². The zero-order chi connectivity index (χ0) is 13.8. The van der Waals surface area contributed by atoms with Crippen molar-refractivity contribution in [2.45, 2.75) is 13.0 Å². The van der Waals surface area contributed by atoms with Crippen LogP contribution in [0.5, 0.6) is 11.5 Å². The summed E-state index contributed by atoms with van der Waals surface area (Å²) < 4.78 is 10.3. The average Bonchev–Trinajstić information content (AvgIpc) is 2.91. The Morgan fingerprint density at radius 1 is 1.25 bits per heavy atom. The Morgan fingerprint density at radius 3 is 2.55 bits per heavy atom. The van der Waals surface area contributed by atoms with Crippen molar-refractivity contribution >= 4 is 29.7 Å². The molecular weight excluding hydrogens is 298 g/mol. The standard InChI is InChI=1S/C14H15NO3S.ClH/c1-9(16)18-12-4-3-10(7-13(12)17-2)14(15)11-5-6-19-8-11;/h3-8,14H,15H2,1-2H3;1H/t14-;/m1./s1. The molecule has 0 unspecified atom stereocenters. The monoisotopic (exact) mass is 313 g/mol. The number of carbonyl (C=O) groups excluding carboxylic acids is 1. The van der Waals surface area contributed by atoms with Crippen molar-refractivity contribution < 1.29 is 14.3 Å². The van der Waals surface area contributed by atoms with E-state index in [0.29, 0.717) is 11.5 Å². The second kappa shape index (κ2) is 7.28. The first-order valence-electron chi connectivity index (χ1n) is 5.76. The van der Waals surface area contributed by atoms with Gasteiger partial charge in [-0.1, -0.05) is 6.07 Å². The van der Waals surface area contributed by atoms with E-state index >= 15 is 0 Å². The summed E-state index contributed by atoms with van der Waals surface area (Å²) in [5.41, 5.74) is 8.14. The van der Waals surface area contributed by atoms with Crippen LogP contribution in [0.4, 0.5) is 0 Å². The minimum atomic E-state index is -0.381. The minimum absolute atomic E-state index is 0. The largest absolute Gasteiger partial charge is 0.493 e. The van der Waals surface area contributed by atoms with Crippen molar-refractivity contribution in [1.29, 1.82) is 0 Å². The summed E-state index contributed by atoms with van der Waals surface area (Å²) in [6.07, 6.45) is 0. The van der Waals surface area contributed by atoms with E-state index in [1.54, 1.807) is 23.5 Å². The molecule has 0 saturated heterocycles. The third-order valence-corrected chi connectivity index (χ3v) is 3.40. The molecule has 20 heavy (non-hydrogen) atoms. The molecule has 1 aromatic heterocycles. The lowest BCUT2D eigenvalue weighted by Crippen LogP contribution is -2.11. The van der Waals surface area contributed by atoms with Crippen LogP contribution in [0.25, 0.3) is 0 Å². The van der Waals surface area contributed by atoms with E-state index in [9.17, 15) is 4.79 Å². The van der Waals surface area contributed by atoms with E-state index in [1.807, 2.05) is 22.9 Å². The highest BCUT2D eigenvalue weighted by Gasteiger charge is 2.14. The number of methoxy groups -OCH3 is 1. The van der Waals surface area contributed by atoms with Gasteiger partial charge in [0.25, 0.3) is 0 Å². The fraction of sp³-hybridized carbons (Fsp3) is 0.214. The first-order chi connectivity index (χ1) is 9.11. The molecular formula is C14H16ClNO3S. The number of hydrogen-bond acceptors (Lipinski definition) is 5. The Balaban J connectivity index is 0.00000200. The van der Waals surface area contributed by atoms with E-state index in [2.05, 4.69) is 0 Å². The predicted molar refractivity (Wildman–Crippen MR) is 81.9 cm³/mol. The minimum Gasteiger partial charge on any atom is -0.493 e. The smallest absolute Gasteiger partial charge is 0.308 e. The maximum absolute atomic E-state index is 11.0. The number of carbonyl (C=O) groups is 1. The van der Waals surface area contributed by atoms with Gasteiger partial charge in [0.05, 0.1) is 13.2 Å². The fourth-order valence-electron chi connectivity index (χ4n) is 1.76. The molecule has 0 saturated carbocycles. The van der Waals surface area contributed by atoms with Crippen molar-refractivity contribution in [3.63, 3.8) is 0 Å². The van der Waals surface area contributed by atoms with Crippen LogP contribution in [-0.4, -0.2) is 13.1 Å². The summed E-state index contributed by atoms with van der Waals surface area (Å²) in [7, 11) is 1.53. The molecule has 4 nitrogen and oxygen atoms in total. The molecule has 2 rings (SSSR count). The lowest BCUT2D eigenvalue weighted by Gasteiger charge is -2.14. The molecule has 0 radical (unpaired) electrons. The Morgan fingerprint density at radius 2 is 2.00 bits per heavy atom. The van der Waals surface area contributed by atoms with Crippen LogP contribution in [-0.2, 0) is 4.79 Å². The number of thiophene rings is 1. The van der Waals surface area contributed by atoms with Crippen LogP contribution in [0.1, 0.15) is 24.1 Å². The molecule has 0 aliphatic rings. The summed E-state index contributed by atoms with van der Waals surface area (Å²) in [6.45, 7) is 1.35. The number of rotatable bonds is 4. The molecule has 0 aliphatic heterocycles. The van der Waals surface area contributed by atoms with Crippen molar-refractivity contribution in [3.05, 3.63) is 46.2 Å². The van der Waals surface area contributed by atoms with Crippen LogP contribution < -0.4 is 15.2 Å². The summed E-state index contributed by atoms with van der Waals surface area (Å²) in [5, 5.41) is 4.00. The molecule has 0 spiro atoms. The molecule has 6 heteroatoms. The Labute approximate surface area is 127 Å². The Bertz CT molecular complexity index is 572. The SMILES string of the molecule is COc1cc([C@@H](N)c2ccsc2)ccc1OC(C)=O.Cl. The number of esters is 1. The van der Waals surface area contributed by atoms with Crippen LogP contribution in [0.3, 0.4) is 0 Å². The predicted octanol–water partition coefficient (Wildman–Crippen LogP) is 3.15. The molecule has 0 bridgehead atoms. The lowest BCUT2D eigenvalue weighted by molar-refractivity contribution is -0.132.